The quantitative estimate of drug-likeness (QED) is 0.188. The van der Waals surface area contributed by atoms with Crippen molar-refractivity contribution in [2.45, 2.75) is 37.3 Å². The topological polar surface area (TPSA) is 134 Å². The van der Waals surface area contributed by atoms with Crippen LogP contribution in [0.2, 0.25) is 0 Å². The van der Waals surface area contributed by atoms with E-state index in [2.05, 4.69) is 21.1 Å². The number of benzene rings is 2. The Balaban J connectivity index is 1.46. The molecular formula is C28H39N3O9. The molecule has 0 aliphatic carbocycles. The molecule has 0 aromatic heterocycles. The van der Waals surface area contributed by atoms with Crippen LogP contribution in [0, 0.1) is 10.1 Å². The molecule has 0 amide bonds. The summed E-state index contributed by atoms with van der Waals surface area (Å²) in [7, 11) is 3.33. The Morgan fingerprint density at radius 3 is 2.62 bits per heavy atom. The van der Waals surface area contributed by atoms with Crippen molar-refractivity contribution in [3.8, 4) is 11.5 Å². The van der Waals surface area contributed by atoms with Crippen molar-refractivity contribution in [2.75, 3.05) is 71.7 Å². The van der Waals surface area contributed by atoms with Gasteiger partial charge in [-0.1, -0.05) is 18.2 Å². The summed E-state index contributed by atoms with van der Waals surface area (Å²) in [5, 5.41) is 23.0. The lowest BCUT2D eigenvalue weighted by molar-refractivity contribution is -0.759. The Morgan fingerprint density at radius 1 is 1.12 bits per heavy atom. The third kappa shape index (κ3) is 8.18. The van der Waals surface area contributed by atoms with Crippen LogP contribution in [0.15, 0.2) is 42.5 Å². The Kier molecular flexibility index (Phi) is 11.2. The predicted molar refractivity (Wildman–Crippen MR) is 147 cm³/mol. The van der Waals surface area contributed by atoms with Gasteiger partial charge >= 0.3 is 0 Å². The van der Waals surface area contributed by atoms with E-state index >= 15 is 0 Å². The van der Waals surface area contributed by atoms with Gasteiger partial charge in [0.1, 0.15) is 30.8 Å². The van der Waals surface area contributed by atoms with Gasteiger partial charge in [0, 0.05) is 39.3 Å². The summed E-state index contributed by atoms with van der Waals surface area (Å²) in [6.45, 7) is 4.05. The second-order valence-electron chi connectivity index (χ2n) is 9.84. The fraction of sp³-hybridized carbons (Fsp3) is 0.571. The molecule has 12 heteroatoms. The van der Waals surface area contributed by atoms with Crippen LogP contribution in [0.4, 0.5) is 5.69 Å². The van der Waals surface area contributed by atoms with Crippen molar-refractivity contribution in [3.63, 3.8) is 0 Å². The number of rotatable bonds is 15. The first kappa shape index (κ1) is 29.8. The van der Waals surface area contributed by atoms with Crippen LogP contribution >= 0.6 is 0 Å². The lowest BCUT2D eigenvalue weighted by Gasteiger charge is -2.39. The molecule has 0 spiro atoms. The molecule has 2 aromatic rings. The Bertz CT molecular complexity index is 1070. The predicted octanol–water partition coefficient (Wildman–Crippen LogP) is 2.16. The van der Waals surface area contributed by atoms with Crippen LogP contribution in [0.5, 0.6) is 11.5 Å². The van der Waals surface area contributed by atoms with E-state index < -0.39 is 17.8 Å². The first-order valence-electron chi connectivity index (χ1n) is 13.5. The normalized spacial score (nSPS) is 21.3. The molecule has 40 heavy (non-hydrogen) atoms. The zero-order chi connectivity index (χ0) is 28.3. The van der Waals surface area contributed by atoms with Gasteiger partial charge in [0.2, 0.25) is 0 Å². The summed E-state index contributed by atoms with van der Waals surface area (Å²) >= 11 is 0. The molecule has 2 aliphatic rings. The van der Waals surface area contributed by atoms with Crippen molar-refractivity contribution in [1.82, 2.24) is 5.32 Å². The van der Waals surface area contributed by atoms with Gasteiger partial charge in [0.05, 0.1) is 44.8 Å². The first-order chi connectivity index (χ1) is 19.5. The highest BCUT2D eigenvalue weighted by Crippen LogP contribution is 2.35. The van der Waals surface area contributed by atoms with E-state index in [0.29, 0.717) is 32.9 Å². The minimum atomic E-state index is -1.13. The monoisotopic (exact) mass is 561 g/mol. The van der Waals surface area contributed by atoms with Gasteiger partial charge in [-0.05, 0) is 41.8 Å². The maximum absolute atomic E-state index is 10.5. The van der Waals surface area contributed by atoms with Gasteiger partial charge in [-0.15, -0.1) is 10.1 Å². The molecular weight excluding hydrogens is 522 g/mol. The van der Waals surface area contributed by atoms with E-state index in [1.165, 1.54) is 0 Å². The van der Waals surface area contributed by atoms with E-state index in [1.54, 1.807) is 14.2 Å². The Morgan fingerprint density at radius 2 is 1.90 bits per heavy atom. The standard InChI is InChI=1S/C28H39N3O9/c1-35-12-3-10-30-11-13-37-25-9-4-20(14-24(25)30)17-38-26-15-29-16-27(39-18-22(32)19-40-31(33)34)28(26)21-5-7-23(36-2)8-6-21/h4-9,14,22,26-29,32H,3,10-13,15-19H2,1-2H3/t22?,26-,27+,28+/m0/s1. The van der Waals surface area contributed by atoms with Crippen molar-refractivity contribution in [2.24, 2.45) is 0 Å². The molecule has 2 aliphatic heterocycles. The molecule has 220 valence electrons. The summed E-state index contributed by atoms with van der Waals surface area (Å²) in [4.78, 5) is 17.1. The molecule has 4 rings (SSSR count). The molecule has 1 fully saturated rings. The molecule has 1 unspecified atom stereocenters. The van der Waals surface area contributed by atoms with Gasteiger partial charge < -0.3 is 43.8 Å². The van der Waals surface area contributed by atoms with Gasteiger partial charge in [0.15, 0.2) is 0 Å². The second-order valence-corrected chi connectivity index (χ2v) is 9.84. The van der Waals surface area contributed by atoms with Crippen molar-refractivity contribution >= 4 is 5.69 Å². The van der Waals surface area contributed by atoms with Crippen molar-refractivity contribution in [1.29, 1.82) is 0 Å². The lowest BCUT2D eigenvalue weighted by atomic mass is 9.85. The smallest absolute Gasteiger partial charge is 0.294 e. The van der Waals surface area contributed by atoms with Crippen molar-refractivity contribution < 1.29 is 38.7 Å². The number of nitrogens with zero attached hydrogens (tertiary/aromatic N) is 2. The number of ether oxygens (including phenoxy) is 5. The average molecular weight is 562 g/mol. The number of fused-ring (bicyclic) bond motifs is 1. The summed E-state index contributed by atoms with van der Waals surface area (Å²) in [6, 6.07) is 13.9. The highest BCUT2D eigenvalue weighted by molar-refractivity contribution is 5.61. The number of aliphatic hydroxyl groups is 1. The van der Waals surface area contributed by atoms with Crippen LogP contribution in [-0.4, -0.2) is 95.3 Å². The summed E-state index contributed by atoms with van der Waals surface area (Å²) in [5.41, 5.74) is 3.10. The fourth-order valence-corrected chi connectivity index (χ4v) is 5.11. The minimum Gasteiger partial charge on any atom is -0.497 e. The van der Waals surface area contributed by atoms with Gasteiger partial charge in [-0.2, -0.15) is 0 Å². The zero-order valence-electron chi connectivity index (χ0n) is 23.0. The number of piperidine rings is 1. The van der Waals surface area contributed by atoms with E-state index in [9.17, 15) is 15.2 Å². The number of nitrogens with one attached hydrogen (secondary N) is 1. The maximum Gasteiger partial charge on any atom is 0.294 e. The largest absolute Gasteiger partial charge is 0.497 e. The molecule has 4 atom stereocenters. The molecule has 2 heterocycles. The number of anilines is 1. The summed E-state index contributed by atoms with van der Waals surface area (Å²) in [5.74, 6) is 1.46. The van der Waals surface area contributed by atoms with Crippen LogP contribution < -0.4 is 19.7 Å². The van der Waals surface area contributed by atoms with Crippen LogP contribution in [0.1, 0.15) is 23.5 Å². The zero-order valence-corrected chi connectivity index (χ0v) is 23.0. The fourth-order valence-electron chi connectivity index (χ4n) is 5.11. The molecule has 2 N–H and O–H groups in total. The second kappa shape index (κ2) is 15.0. The van der Waals surface area contributed by atoms with Gasteiger partial charge in [0.25, 0.3) is 5.09 Å². The Hall–Kier alpha value is -3.16. The number of hydrogen-bond donors (Lipinski definition) is 2. The third-order valence-electron chi connectivity index (χ3n) is 7.09. The van der Waals surface area contributed by atoms with E-state index in [-0.39, 0.29) is 24.7 Å². The summed E-state index contributed by atoms with van der Waals surface area (Å²) in [6.07, 6.45) is -0.773. The van der Waals surface area contributed by atoms with Gasteiger partial charge in [-0.3, -0.25) is 0 Å². The van der Waals surface area contributed by atoms with E-state index in [4.69, 9.17) is 23.7 Å². The van der Waals surface area contributed by atoms with Crippen LogP contribution in [-0.2, 0) is 25.7 Å². The highest BCUT2D eigenvalue weighted by Gasteiger charge is 2.36. The van der Waals surface area contributed by atoms with E-state index in [1.807, 2.05) is 36.4 Å². The summed E-state index contributed by atoms with van der Waals surface area (Å²) < 4.78 is 29.0. The maximum atomic E-state index is 10.5. The average Bonchev–Trinajstić information content (AvgIpc) is 2.98. The molecule has 12 nitrogen and oxygen atoms in total. The molecule has 0 saturated carbocycles. The first-order valence-corrected chi connectivity index (χ1v) is 13.5. The molecule has 0 radical (unpaired) electrons. The number of aliphatic hydroxyl groups excluding tert-OH is 1. The highest BCUT2D eigenvalue weighted by atomic mass is 17.0. The van der Waals surface area contributed by atoms with Crippen LogP contribution in [0.25, 0.3) is 0 Å². The SMILES string of the molecule is COCCCN1CCOc2ccc(CO[C@H]3CNC[C@@H](OCC(O)CO[N+](=O)[O-])[C@@H]3c3ccc(OC)cc3)cc21. The Labute approximate surface area is 234 Å². The lowest BCUT2D eigenvalue weighted by Crippen LogP contribution is -2.51. The number of methoxy groups -OCH3 is 2. The molecule has 1 saturated heterocycles. The minimum absolute atomic E-state index is 0.108. The number of hydrogen-bond acceptors (Lipinski definition) is 11. The molecule has 2 aromatic carbocycles. The molecule has 0 bridgehead atoms. The third-order valence-corrected chi connectivity index (χ3v) is 7.09. The van der Waals surface area contributed by atoms with Gasteiger partial charge in [-0.25, -0.2) is 0 Å². The van der Waals surface area contributed by atoms with E-state index in [0.717, 1.165) is 47.8 Å². The van der Waals surface area contributed by atoms with Crippen LogP contribution in [0.3, 0.4) is 0 Å². The van der Waals surface area contributed by atoms with Crippen molar-refractivity contribution in [3.05, 3.63) is 63.7 Å².